The largest absolute Gasteiger partial charge is 0.494 e. The van der Waals surface area contributed by atoms with Gasteiger partial charge in [-0.15, -0.1) is 10.2 Å². The van der Waals surface area contributed by atoms with Crippen LogP contribution in [0.2, 0.25) is 0 Å². The van der Waals surface area contributed by atoms with E-state index in [0.717, 1.165) is 18.1 Å². The van der Waals surface area contributed by atoms with Crippen LogP contribution in [0.1, 0.15) is 12.8 Å². The first-order valence-electron chi connectivity index (χ1n) is 9.49. The van der Waals surface area contributed by atoms with E-state index in [1.807, 2.05) is 6.07 Å². The first-order valence-corrected chi connectivity index (χ1v) is 10.9. The zero-order chi connectivity index (χ0) is 21.1. The maximum absolute atomic E-state index is 14.0. The summed E-state index contributed by atoms with van der Waals surface area (Å²) in [5.74, 6) is -0.210. The molecule has 1 saturated heterocycles. The number of ether oxygens (including phenoxy) is 1. The lowest BCUT2D eigenvalue weighted by molar-refractivity contribution is 0.231. The molecule has 11 heteroatoms. The zero-order valence-electron chi connectivity index (χ0n) is 16.3. The minimum Gasteiger partial charge on any atom is -0.494 e. The quantitative estimate of drug-likeness (QED) is 0.587. The molecular weight excluding hydrogens is 411 g/mol. The average Bonchev–Trinajstić information content (AvgIpc) is 3.23. The molecule has 0 bridgehead atoms. The fourth-order valence-corrected chi connectivity index (χ4v) is 5.08. The van der Waals surface area contributed by atoms with Gasteiger partial charge in [-0.1, -0.05) is 0 Å². The van der Waals surface area contributed by atoms with Crippen molar-refractivity contribution < 1.29 is 17.5 Å². The Morgan fingerprint density at radius 3 is 2.90 bits per heavy atom. The highest BCUT2D eigenvalue weighted by Crippen LogP contribution is 2.27. The number of hydrogen-bond donors (Lipinski definition) is 0. The number of sulfonamides is 1. The molecule has 0 spiro atoms. The molecule has 30 heavy (non-hydrogen) atoms. The lowest BCUT2D eigenvalue weighted by Crippen LogP contribution is -2.41. The van der Waals surface area contributed by atoms with Gasteiger partial charge >= 0.3 is 0 Å². The summed E-state index contributed by atoms with van der Waals surface area (Å²) in [5, 5.41) is 12.5. The van der Waals surface area contributed by atoms with Crippen LogP contribution < -0.4 is 4.74 Å². The van der Waals surface area contributed by atoms with E-state index in [-0.39, 0.29) is 16.6 Å². The van der Waals surface area contributed by atoms with E-state index in [1.165, 1.54) is 28.3 Å². The van der Waals surface area contributed by atoms with Crippen LogP contribution in [0.4, 0.5) is 4.39 Å². The normalized spacial score (nSPS) is 17.7. The monoisotopic (exact) mass is 432 g/mol. The Morgan fingerprint density at radius 1 is 1.30 bits per heavy atom. The third-order valence-corrected chi connectivity index (χ3v) is 6.90. The zero-order valence-corrected chi connectivity index (χ0v) is 17.2. The Kier molecular flexibility index (Phi) is 5.73. The highest BCUT2D eigenvalue weighted by Gasteiger charge is 2.31. The van der Waals surface area contributed by atoms with Crippen molar-refractivity contribution in [2.24, 2.45) is 5.92 Å². The van der Waals surface area contributed by atoms with Crippen molar-refractivity contribution in [3.05, 3.63) is 48.5 Å². The van der Waals surface area contributed by atoms with Crippen LogP contribution in [0.3, 0.4) is 0 Å². The molecule has 0 amide bonds. The van der Waals surface area contributed by atoms with Crippen molar-refractivity contribution in [2.75, 3.05) is 20.2 Å². The van der Waals surface area contributed by atoms with Crippen LogP contribution >= 0.6 is 0 Å². The Morgan fingerprint density at radius 2 is 2.17 bits per heavy atom. The number of pyridine rings is 1. The Balaban J connectivity index is 1.47. The Hall–Kier alpha value is -2.92. The first kappa shape index (κ1) is 20.4. The number of hydrogen-bond acceptors (Lipinski definition) is 7. The van der Waals surface area contributed by atoms with Crippen LogP contribution in [0.5, 0.6) is 5.75 Å². The van der Waals surface area contributed by atoms with Crippen molar-refractivity contribution in [2.45, 2.75) is 24.3 Å². The second-order valence-corrected chi connectivity index (χ2v) is 9.02. The van der Waals surface area contributed by atoms with E-state index < -0.39 is 15.8 Å². The summed E-state index contributed by atoms with van der Waals surface area (Å²) in [6.07, 6.45) is 4.86. The van der Waals surface area contributed by atoms with E-state index >= 15 is 0 Å². The fraction of sp³-hybridized carbons (Fsp3) is 0.368. The Bertz CT molecular complexity index is 1120. The highest BCUT2D eigenvalue weighted by molar-refractivity contribution is 7.89. The molecule has 3 heterocycles. The molecule has 2 aromatic heterocycles. The maximum Gasteiger partial charge on any atom is 0.243 e. The number of benzene rings is 1. The summed E-state index contributed by atoms with van der Waals surface area (Å²) in [6.45, 7) is 1.13. The highest BCUT2D eigenvalue weighted by atomic mass is 32.2. The van der Waals surface area contributed by atoms with E-state index in [9.17, 15) is 12.8 Å². The first-order chi connectivity index (χ1) is 14.5. The summed E-state index contributed by atoms with van der Waals surface area (Å²) in [6, 6.07) is 7.32. The predicted molar refractivity (Wildman–Crippen MR) is 105 cm³/mol. The minimum absolute atomic E-state index is 0.00662. The molecule has 1 aromatic carbocycles. The van der Waals surface area contributed by atoms with Gasteiger partial charge in [0.25, 0.3) is 0 Å². The van der Waals surface area contributed by atoms with Gasteiger partial charge in [-0.3, -0.25) is 4.98 Å². The third kappa shape index (κ3) is 4.17. The van der Waals surface area contributed by atoms with Gasteiger partial charge in [0.15, 0.2) is 11.6 Å². The molecule has 158 valence electrons. The molecular formula is C19H21FN6O3S. The van der Waals surface area contributed by atoms with Gasteiger partial charge < -0.3 is 4.74 Å². The molecule has 1 aliphatic heterocycles. The van der Waals surface area contributed by atoms with E-state index in [4.69, 9.17) is 4.74 Å². The van der Waals surface area contributed by atoms with Crippen LogP contribution in [0, 0.1) is 11.7 Å². The van der Waals surface area contributed by atoms with Gasteiger partial charge in [0, 0.05) is 31.0 Å². The summed E-state index contributed by atoms with van der Waals surface area (Å²) in [4.78, 5) is 5.44. The lowest BCUT2D eigenvalue weighted by atomic mass is 10.00. The number of halogens is 1. The van der Waals surface area contributed by atoms with Crippen molar-refractivity contribution in [3.63, 3.8) is 0 Å². The number of rotatable bonds is 6. The standard InChI is InChI=1S/C19H21FN6O3S/c1-29-18-7-6-16(10-17(18)20)30(27,28)25-9-3-4-14(12-25)13-26-23-19(22-24-26)15-5-2-8-21-11-15/h2,5-8,10-11,14H,3-4,9,12-13H2,1H3/t14-/m0/s1. The van der Waals surface area contributed by atoms with Gasteiger partial charge in [-0.2, -0.15) is 9.10 Å². The number of piperidine rings is 1. The molecule has 3 aromatic rings. The number of methoxy groups -OCH3 is 1. The third-order valence-electron chi connectivity index (χ3n) is 5.04. The second-order valence-electron chi connectivity index (χ2n) is 7.08. The molecule has 0 saturated carbocycles. The van der Waals surface area contributed by atoms with Crippen LogP contribution in [0.25, 0.3) is 11.4 Å². The summed E-state index contributed by atoms with van der Waals surface area (Å²) in [5.41, 5.74) is 0.762. The molecule has 0 unspecified atom stereocenters. The fourth-order valence-electron chi connectivity index (χ4n) is 3.51. The smallest absolute Gasteiger partial charge is 0.243 e. The van der Waals surface area contributed by atoms with E-state index in [1.54, 1.807) is 18.5 Å². The van der Waals surface area contributed by atoms with Crippen LogP contribution in [-0.4, -0.2) is 58.1 Å². The number of aromatic nitrogens is 5. The molecule has 4 rings (SSSR count). The molecule has 0 aliphatic carbocycles. The van der Waals surface area contributed by atoms with E-state index in [2.05, 4.69) is 20.4 Å². The molecule has 0 N–H and O–H groups in total. The van der Waals surface area contributed by atoms with Gasteiger partial charge in [0.1, 0.15) is 0 Å². The van der Waals surface area contributed by atoms with Crippen molar-refractivity contribution in [1.29, 1.82) is 0 Å². The molecule has 9 nitrogen and oxygen atoms in total. The van der Waals surface area contributed by atoms with E-state index in [0.29, 0.717) is 31.9 Å². The Labute approximate surface area is 173 Å². The predicted octanol–water partition coefficient (Wildman–Crippen LogP) is 1.98. The number of tetrazole rings is 1. The van der Waals surface area contributed by atoms with Gasteiger partial charge in [-0.25, -0.2) is 12.8 Å². The summed E-state index contributed by atoms with van der Waals surface area (Å²) >= 11 is 0. The van der Waals surface area contributed by atoms with Gasteiger partial charge in [-0.05, 0) is 54.3 Å². The van der Waals surface area contributed by atoms with Crippen LogP contribution in [0.15, 0.2) is 47.6 Å². The van der Waals surface area contributed by atoms with Crippen molar-refractivity contribution >= 4 is 10.0 Å². The second kappa shape index (κ2) is 8.44. The number of nitrogens with zero attached hydrogens (tertiary/aromatic N) is 6. The maximum atomic E-state index is 14.0. The lowest BCUT2D eigenvalue weighted by Gasteiger charge is -2.31. The van der Waals surface area contributed by atoms with Gasteiger partial charge in [0.05, 0.1) is 18.6 Å². The molecule has 1 aliphatic rings. The SMILES string of the molecule is COc1ccc(S(=O)(=O)N2CCC[C@H](Cn3nnc(-c4cccnc4)n3)C2)cc1F. The topological polar surface area (TPSA) is 103 Å². The molecule has 1 atom stereocenters. The van der Waals surface area contributed by atoms with Crippen molar-refractivity contribution in [1.82, 2.24) is 29.5 Å². The summed E-state index contributed by atoms with van der Waals surface area (Å²) in [7, 11) is -2.48. The van der Waals surface area contributed by atoms with Crippen LogP contribution in [-0.2, 0) is 16.6 Å². The van der Waals surface area contributed by atoms with Gasteiger partial charge in [0.2, 0.25) is 15.8 Å². The molecule has 0 radical (unpaired) electrons. The van der Waals surface area contributed by atoms with Crippen molar-refractivity contribution in [3.8, 4) is 17.1 Å². The molecule has 1 fully saturated rings. The summed E-state index contributed by atoms with van der Waals surface area (Å²) < 4.78 is 46.2. The minimum atomic E-state index is -3.81. The average molecular weight is 432 g/mol.